The van der Waals surface area contributed by atoms with Crippen molar-refractivity contribution in [3.05, 3.63) is 18.2 Å². The van der Waals surface area contributed by atoms with Crippen LogP contribution in [-0.2, 0) is 19.5 Å². The van der Waals surface area contributed by atoms with Crippen molar-refractivity contribution >= 4 is 0 Å². The molecule has 0 amide bonds. The Morgan fingerprint density at radius 2 is 0.775 bits per heavy atom. The van der Waals surface area contributed by atoms with E-state index in [1.165, 1.54) is 206 Å². The molecule has 0 bridgehead atoms. The molecule has 236 valence electrons. The van der Waals surface area contributed by atoms with Crippen LogP contribution in [0, 0.1) is 0 Å². The second-order valence-electron chi connectivity index (χ2n) is 13.0. The van der Waals surface area contributed by atoms with Gasteiger partial charge < -0.3 is 0 Å². The molecule has 2 nitrogen and oxygen atoms in total. The van der Waals surface area contributed by atoms with Crippen LogP contribution >= 0.6 is 0 Å². The fourth-order valence-corrected chi connectivity index (χ4v) is 6.33. The molecule has 0 radical (unpaired) electrons. The third-order valence-electron chi connectivity index (χ3n) is 9.10. The van der Waals surface area contributed by atoms with Crippen molar-refractivity contribution in [2.45, 2.75) is 226 Å². The normalized spacial score (nSPS) is 11.6. The topological polar surface area (TPSA) is 8.81 Å². The van der Waals surface area contributed by atoms with E-state index in [9.17, 15) is 0 Å². The Labute approximate surface area is 253 Å². The molecule has 40 heavy (non-hydrogen) atoms. The molecule has 0 saturated carbocycles. The predicted molar refractivity (Wildman–Crippen MR) is 179 cm³/mol. The van der Waals surface area contributed by atoms with Gasteiger partial charge in [0.15, 0.2) is 0 Å². The van der Waals surface area contributed by atoms with Gasteiger partial charge in [-0.1, -0.05) is 175 Å². The maximum atomic E-state index is 2.63. The molecule has 0 saturated heterocycles. The molecule has 0 aromatic carbocycles. The van der Waals surface area contributed by atoms with Gasteiger partial charge in [0.25, 0.3) is 5.82 Å². The third kappa shape index (κ3) is 21.9. The Morgan fingerprint density at radius 3 is 1.20 bits per heavy atom. The lowest BCUT2D eigenvalue weighted by molar-refractivity contribution is -0.704. The zero-order valence-corrected chi connectivity index (χ0v) is 28.2. The van der Waals surface area contributed by atoms with E-state index in [-0.39, 0.29) is 0 Å². The first-order valence-electron chi connectivity index (χ1n) is 18.9. The highest BCUT2D eigenvalue weighted by Gasteiger charge is 2.16. The quantitative estimate of drug-likeness (QED) is 0.0613. The lowest BCUT2D eigenvalue weighted by atomic mass is 10.0. The summed E-state index contributed by atoms with van der Waals surface area (Å²) >= 11 is 0. The molecule has 0 aliphatic heterocycles. The van der Waals surface area contributed by atoms with Gasteiger partial charge in [-0.3, -0.25) is 0 Å². The van der Waals surface area contributed by atoms with E-state index in [2.05, 4.69) is 42.3 Å². The molecular weight excluding hydrogens is 484 g/mol. The molecule has 0 aliphatic carbocycles. The minimum atomic E-state index is 1.23. The van der Waals surface area contributed by atoms with Gasteiger partial charge in [0, 0.05) is 6.42 Å². The third-order valence-corrected chi connectivity index (χ3v) is 9.10. The van der Waals surface area contributed by atoms with Gasteiger partial charge in [0.05, 0.1) is 13.1 Å². The fraction of sp³-hybridized carbons (Fsp3) is 0.921. The molecule has 1 aromatic heterocycles. The van der Waals surface area contributed by atoms with Crippen LogP contribution in [0.4, 0.5) is 0 Å². The van der Waals surface area contributed by atoms with E-state index >= 15 is 0 Å². The Kier molecular flexibility index (Phi) is 27.6. The van der Waals surface area contributed by atoms with Gasteiger partial charge >= 0.3 is 0 Å². The van der Waals surface area contributed by atoms with Gasteiger partial charge in [-0.25, -0.2) is 9.13 Å². The summed E-state index contributed by atoms with van der Waals surface area (Å²) in [6.07, 6.45) is 47.4. The zero-order valence-electron chi connectivity index (χ0n) is 28.2. The summed E-state index contributed by atoms with van der Waals surface area (Å²) in [5.74, 6) is 1.62. The number of aromatic nitrogens is 2. The van der Waals surface area contributed by atoms with Crippen LogP contribution in [0.1, 0.15) is 213 Å². The number of nitrogens with zero attached hydrogens (tertiary/aromatic N) is 2. The van der Waals surface area contributed by atoms with E-state index in [1.807, 2.05) is 0 Å². The zero-order chi connectivity index (χ0) is 28.8. The smallest absolute Gasteiger partial charge is 0.234 e. The highest BCUT2D eigenvalue weighted by Crippen LogP contribution is 2.15. The predicted octanol–water partition coefficient (Wildman–Crippen LogP) is 12.7. The minimum Gasteiger partial charge on any atom is -0.234 e. The van der Waals surface area contributed by atoms with Crippen LogP contribution in [0.2, 0.25) is 0 Å². The summed E-state index contributed by atoms with van der Waals surface area (Å²) in [4.78, 5) is 0. The highest BCUT2D eigenvalue weighted by atomic mass is 15.1. The van der Waals surface area contributed by atoms with Crippen molar-refractivity contribution < 1.29 is 4.57 Å². The second kappa shape index (κ2) is 29.7. The fourth-order valence-electron chi connectivity index (χ4n) is 6.33. The second-order valence-corrected chi connectivity index (χ2v) is 13.0. The Morgan fingerprint density at radius 1 is 0.425 bits per heavy atom. The summed E-state index contributed by atoms with van der Waals surface area (Å²) < 4.78 is 5.26. The molecule has 0 spiro atoms. The average molecular weight is 560 g/mol. The van der Waals surface area contributed by atoms with Crippen molar-refractivity contribution in [1.29, 1.82) is 0 Å². The van der Waals surface area contributed by atoms with Crippen LogP contribution in [0.25, 0.3) is 0 Å². The first-order chi connectivity index (χ1) is 19.8. The monoisotopic (exact) mass is 560 g/mol. The summed E-state index contributed by atoms with van der Waals surface area (Å²) in [6.45, 7) is 9.40. The molecule has 1 aromatic rings. The maximum Gasteiger partial charge on any atom is 0.256 e. The largest absolute Gasteiger partial charge is 0.256 e. The first kappa shape index (κ1) is 37.2. The van der Waals surface area contributed by atoms with Gasteiger partial charge in [0.1, 0.15) is 12.4 Å². The van der Waals surface area contributed by atoms with Crippen molar-refractivity contribution in [2.24, 2.45) is 0 Å². The number of aryl methyl sites for hydroxylation is 2. The lowest BCUT2D eigenvalue weighted by Crippen LogP contribution is -2.37. The van der Waals surface area contributed by atoms with Crippen molar-refractivity contribution in [2.75, 3.05) is 0 Å². The Balaban J connectivity index is 2.29. The maximum absolute atomic E-state index is 2.63. The van der Waals surface area contributed by atoms with Gasteiger partial charge in [-0.15, -0.1) is 0 Å². The molecule has 0 fully saturated rings. The van der Waals surface area contributed by atoms with Crippen LogP contribution in [-0.4, -0.2) is 4.57 Å². The van der Waals surface area contributed by atoms with Gasteiger partial charge in [-0.2, -0.15) is 0 Å². The summed E-state index contributed by atoms with van der Waals surface area (Å²) in [7, 11) is 0. The number of hydrogen-bond donors (Lipinski definition) is 0. The Hall–Kier alpha value is -0.790. The van der Waals surface area contributed by atoms with E-state index < -0.39 is 0 Å². The lowest BCUT2D eigenvalue weighted by Gasteiger charge is -2.07. The SMILES string of the molecule is CCCCCCCCCCCCCCC[n+]1ccn(CCCCCCCCCC)c1CCCCCCCCCC. The molecule has 0 N–H and O–H groups in total. The highest BCUT2D eigenvalue weighted by molar-refractivity contribution is 4.84. The summed E-state index contributed by atoms with van der Waals surface area (Å²) in [5, 5.41) is 0. The van der Waals surface area contributed by atoms with E-state index in [0.29, 0.717) is 0 Å². The van der Waals surface area contributed by atoms with E-state index in [4.69, 9.17) is 0 Å². The molecule has 2 heteroatoms. The van der Waals surface area contributed by atoms with Crippen molar-refractivity contribution in [1.82, 2.24) is 4.57 Å². The molecule has 1 heterocycles. The number of imidazole rings is 1. The van der Waals surface area contributed by atoms with Crippen LogP contribution in [0.5, 0.6) is 0 Å². The van der Waals surface area contributed by atoms with Gasteiger partial charge in [-0.05, 0) is 32.1 Å². The van der Waals surface area contributed by atoms with Crippen LogP contribution in [0.3, 0.4) is 0 Å². The minimum absolute atomic E-state index is 1.23. The average Bonchev–Trinajstić information content (AvgIpc) is 3.35. The molecule has 0 atom stereocenters. The van der Waals surface area contributed by atoms with Crippen molar-refractivity contribution in [3.63, 3.8) is 0 Å². The molecular formula is C38H75N2+. The molecule has 0 unspecified atom stereocenters. The van der Waals surface area contributed by atoms with Gasteiger partial charge in [0.2, 0.25) is 0 Å². The first-order valence-corrected chi connectivity index (χ1v) is 18.9. The van der Waals surface area contributed by atoms with E-state index in [1.54, 1.807) is 5.82 Å². The van der Waals surface area contributed by atoms with Crippen LogP contribution in [0.15, 0.2) is 12.4 Å². The van der Waals surface area contributed by atoms with E-state index in [0.717, 1.165) is 0 Å². The number of unbranched alkanes of at least 4 members (excludes halogenated alkanes) is 26. The molecule has 0 aliphatic rings. The Bertz CT molecular complexity index is 619. The standard InChI is InChI=1S/C38H75N2/c1-4-7-10-13-16-19-20-21-22-23-26-29-32-35-40-37-36-39(34-31-28-25-18-15-12-9-6-3)38(40)33-30-27-24-17-14-11-8-5-2/h36-37H,4-35H2,1-3H3/q+1. The summed E-state index contributed by atoms with van der Waals surface area (Å²) in [5.41, 5.74) is 0. The number of rotatable bonds is 32. The van der Waals surface area contributed by atoms with Crippen LogP contribution < -0.4 is 4.57 Å². The number of hydrogen-bond acceptors (Lipinski definition) is 0. The molecule has 1 rings (SSSR count). The van der Waals surface area contributed by atoms with Crippen molar-refractivity contribution in [3.8, 4) is 0 Å². The summed E-state index contributed by atoms with van der Waals surface area (Å²) in [6, 6.07) is 0.